The van der Waals surface area contributed by atoms with Crippen molar-refractivity contribution < 1.29 is 13.8 Å². The third-order valence-corrected chi connectivity index (χ3v) is 4.06. The van der Waals surface area contributed by atoms with E-state index in [1.165, 1.54) is 4.90 Å². The number of carbonyl (C=O) groups excluding carboxylic acids is 2. The van der Waals surface area contributed by atoms with Crippen LogP contribution in [0.1, 0.15) is 40.0 Å². The Morgan fingerprint density at radius 2 is 1.58 bits per heavy atom. The van der Waals surface area contributed by atoms with Crippen molar-refractivity contribution in [2.75, 3.05) is 18.6 Å². The van der Waals surface area contributed by atoms with Gasteiger partial charge < -0.3 is 0 Å². The fourth-order valence-corrected chi connectivity index (χ4v) is 2.80. The molecule has 0 saturated heterocycles. The van der Waals surface area contributed by atoms with E-state index >= 15 is 0 Å². The summed E-state index contributed by atoms with van der Waals surface area (Å²) in [5.74, 6) is 0.293. The first-order valence-electron chi connectivity index (χ1n) is 6.36. The molecule has 1 heterocycles. The summed E-state index contributed by atoms with van der Waals surface area (Å²) in [7, 11) is -0.765. The molecular weight excluding hydrogens is 262 g/mol. The van der Waals surface area contributed by atoms with Crippen LogP contribution in [0.3, 0.4) is 0 Å². The lowest BCUT2D eigenvalue weighted by Crippen LogP contribution is -2.30. The Hall–Kier alpha value is -1.49. The van der Waals surface area contributed by atoms with Gasteiger partial charge in [-0.05, 0) is 25.0 Å². The molecule has 1 aliphatic heterocycles. The molecule has 1 aromatic carbocycles. The predicted molar refractivity (Wildman–Crippen MR) is 74.6 cm³/mol. The number of carbonyl (C=O) groups is 2. The van der Waals surface area contributed by atoms with Crippen LogP contribution < -0.4 is 0 Å². The van der Waals surface area contributed by atoms with Crippen LogP contribution in [0.4, 0.5) is 0 Å². The van der Waals surface area contributed by atoms with E-state index in [1.807, 2.05) is 0 Å². The van der Waals surface area contributed by atoms with Gasteiger partial charge in [0.15, 0.2) is 0 Å². The van der Waals surface area contributed by atoms with Gasteiger partial charge in [-0.1, -0.05) is 18.6 Å². The number of unbranched alkanes of at least 4 members (excludes halogenated alkanes) is 2. The minimum Gasteiger partial charge on any atom is -0.274 e. The first-order chi connectivity index (χ1) is 9.11. The molecule has 0 unspecified atom stereocenters. The standard InChI is InChI=1S/C14H17NO3S/c1-19(18)10-6-2-5-9-15-13(16)11-7-3-4-8-12(11)14(15)17/h3-4,7-8H,2,5-6,9-10H2,1H3/t19-/m0/s1. The molecule has 0 radical (unpaired) electrons. The van der Waals surface area contributed by atoms with Crippen LogP contribution in [-0.4, -0.2) is 39.5 Å². The van der Waals surface area contributed by atoms with E-state index in [0.717, 1.165) is 19.3 Å². The van der Waals surface area contributed by atoms with E-state index in [9.17, 15) is 13.8 Å². The quantitative estimate of drug-likeness (QED) is 0.589. The van der Waals surface area contributed by atoms with Crippen molar-refractivity contribution in [1.29, 1.82) is 0 Å². The first-order valence-corrected chi connectivity index (χ1v) is 8.09. The van der Waals surface area contributed by atoms with Gasteiger partial charge in [-0.2, -0.15) is 0 Å². The van der Waals surface area contributed by atoms with Gasteiger partial charge >= 0.3 is 0 Å². The van der Waals surface area contributed by atoms with Crippen molar-refractivity contribution in [3.05, 3.63) is 35.4 Å². The third kappa shape index (κ3) is 3.10. The molecule has 1 aromatic rings. The highest BCUT2D eigenvalue weighted by Gasteiger charge is 2.34. The summed E-state index contributed by atoms with van der Waals surface area (Å²) in [6, 6.07) is 6.92. The molecular formula is C14H17NO3S. The number of hydrogen-bond donors (Lipinski definition) is 0. The lowest BCUT2D eigenvalue weighted by molar-refractivity contribution is 0.0651. The van der Waals surface area contributed by atoms with E-state index in [-0.39, 0.29) is 11.8 Å². The predicted octanol–water partition coefficient (Wildman–Crippen LogP) is 1.83. The molecule has 2 rings (SSSR count). The van der Waals surface area contributed by atoms with Gasteiger partial charge in [0.1, 0.15) is 0 Å². The van der Waals surface area contributed by atoms with Gasteiger partial charge in [-0.3, -0.25) is 18.7 Å². The molecule has 0 N–H and O–H groups in total. The lowest BCUT2D eigenvalue weighted by atomic mass is 10.1. The zero-order valence-corrected chi connectivity index (χ0v) is 11.7. The van der Waals surface area contributed by atoms with Gasteiger partial charge in [0.2, 0.25) is 0 Å². The smallest absolute Gasteiger partial charge is 0.261 e. The zero-order valence-electron chi connectivity index (χ0n) is 10.9. The van der Waals surface area contributed by atoms with Crippen LogP contribution in [0.15, 0.2) is 24.3 Å². The highest BCUT2D eigenvalue weighted by atomic mass is 32.2. The molecule has 0 aromatic heterocycles. The molecule has 1 aliphatic rings. The number of amides is 2. The van der Waals surface area contributed by atoms with Crippen molar-refractivity contribution in [2.45, 2.75) is 19.3 Å². The number of imide groups is 1. The molecule has 19 heavy (non-hydrogen) atoms. The van der Waals surface area contributed by atoms with Crippen LogP contribution in [0, 0.1) is 0 Å². The molecule has 0 fully saturated rings. The number of fused-ring (bicyclic) bond motifs is 1. The molecule has 4 nitrogen and oxygen atoms in total. The average molecular weight is 279 g/mol. The Kier molecular flexibility index (Phi) is 4.47. The van der Waals surface area contributed by atoms with Crippen LogP contribution in [0.5, 0.6) is 0 Å². The topological polar surface area (TPSA) is 54.5 Å². The molecule has 1 atom stereocenters. The van der Waals surface area contributed by atoms with Crippen molar-refractivity contribution in [3.8, 4) is 0 Å². The second kappa shape index (κ2) is 6.10. The normalized spacial score (nSPS) is 15.7. The second-order valence-electron chi connectivity index (χ2n) is 4.65. The van der Waals surface area contributed by atoms with Crippen molar-refractivity contribution in [1.82, 2.24) is 4.90 Å². The summed E-state index contributed by atoms with van der Waals surface area (Å²) in [6.45, 7) is 0.447. The average Bonchev–Trinajstić information content (AvgIpc) is 2.63. The van der Waals surface area contributed by atoms with E-state index in [2.05, 4.69) is 0 Å². The van der Waals surface area contributed by atoms with Gasteiger partial charge in [-0.25, -0.2) is 0 Å². The third-order valence-electron chi connectivity index (χ3n) is 3.19. The van der Waals surface area contributed by atoms with Gasteiger partial charge in [0.25, 0.3) is 11.8 Å². The second-order valence-corrected chi connectivity index (χ2v) is 6.20. The molecule has 0 aliphatic carbocycles. The monoisotopic (exact) mass is 279 g/mol. The molecule has 102 valence electrons. The fourth-order valence-electron chi connectivity index (χ4n) is 2.19. The maximum absolute atomic E-state index is 12.0. The van der Waals surface area contributed by atoms with Crippen LogP contribution in [0.25, 0.3) is 0 Å². The Morgan fingerprint density at radius 3 is 2.11 bits per heavy atom. The fraction of sp³-hybridized carbons (Fsp3) is 0.429. The number of benzene rings is 1. The highest BCUT2D eigenvalue weighted by molar-refractivity contribution is 7.84. The highest BCUT2D eigenvalue weighted by Crippen LogP contribution is 2.22. The van der Waals surface area contributed by atoms with Crippen molar-refractivity contribution in [3.63, 3.8) is 0 Å². The summed E-state index contributed by atoms with van der Waals surface area (Å²) in [6.07, 6.45) is 4.20. The lowest BCUT2D eigenvalue weighted by Gasteiger charge is -2.13. The molecule has 5 heteroatoms. The minimum atomic E-state index is -0.765. The summed E-state index contributed by atoms with van der Waals surface area (Å²) < 4.78 is 10.9. The molecule has 0 spiro atoms. The summed E-state index contributed by atoms with van der Waals surface area (Å²) in [5.41, 5.74) is 1.00. The van der Waals surface area contributed by atoms with Crippen LogP contribution in [0.2, 0.25) is 0 Å². The Labute approximate surface area is 115 Å². The SMILES string of the molecule is C[S@](=O)CCCCCN1C(=O)c2ccccc2C1=O. The number of rotatable bonds is 6. The minimum absolute atomic E-state index is 0.195. The summed E-state index contributed by atoms with van der Waals surface area (Å²) >= 11 is 0. The van der Waals surface area contributed by atoms with Crippen molar-refractivity contribution >= 4 is 22.6 Å². The largest absolute Gasteiger partial charge is 0.274 e. The Balaban J connectivity index is 1.88. The molecule has 0 saturated carbocycles. The molecule has 2 amide bonds. The van der Waals surface area contributed by atoms with E-state index < -0.39 is 10.8 Å². The van der Waals surface area contributed by atoms with Gasteiger partial charge in [0, 0.05) is 29.4 Å². The van der Waals surface area contributed by atoms with Gasteiger partial charge in [-0.15, -0.1) is 0 Å². The molecule has 0 bridgehead atoms. The number of hydrogen-bond acceptors (Lipinski definition) is 3. The van der Waals surface area contributed by atoms with Gasteiger partial charge in [0.05, 0.1) is 11.1 Å². The summed E-state index contributed by atoms with van der Waals surface area (Å²) in [4.78, 5) is 25.4. The van der Waals surface area contributed by atoms with E-state index in [4.69, 9.17) is 0 Å². The maximum atomic E-state index is 12.0. The summed E-state index contributed by atoms with van der Waals surface area (Å²) in [5, 5.41) is 0. The Bertz CT molecular complexity index is 492. The van der Waals surface area contributed by atoms with Crippen molar-refractivity contribution in [2.24, 2.45) is 0 Å². The maximum Gasteiger partial charge on any atom is 0.261 e. The van der Waals surface area contributed by atoms with Crippen LogP contribution >= 0.6 is 0 Å². The van der Waals surface area contributed by atoms with E-state index in [1.54, 1.807) is 30.5 Å². The first kappa shape index (κ1) is 13.9. The van der Waals surface area contributed by atoms with Crippen LogP contribution in [-0.2, 0) is 10.8 Å². The van der Waals surface area contributed by atoms with E-state index in [0.29, 0.717) is 23.4 Å². The zero-order chi connectivity index (χ0) is 13.8. The Morgan fingerprint density at radius 1 is 1.00 bits per heavy atom. The number of nitrogens with zero attached hydrogens (tertiary/aromatic N) is 1.